The fourth-order valence-corrected chi connectivity index (χ4v) is 5.84. The maximum absolute atomic E-state index is 2.48. The summed E-state index contributed by atoms with van der Waals surface area (Å²) in [5.41, 5.74) is 7.69. The molecule has 2 saturated carbocycles. The Hall–Kier alpha value is -0.780. The van der Waals surface area contributed by atoms with E-state index in [-0.39, 0.29) is 0 Å². The summed E-state index contributed by atoms with van der Waals surface area (Å²) in [5.74, 6) is 4.08. The number of hydrogen-bond donors (Lipinski definition) is 0. The average molecular weight is 355 g/mol. The highest BCUT2D eigenvalue weighted by Crippen LogP contribution is 2.40. The Morgan fingerprint density at radius 1 is 0.654 bits per heavy atom. The Morgan fingerprint density at radius 3 is 1.69 bits per heavy atom. The molecule has 0 heteroatoms. The molecule has 26 heavy (non-hydrogen) atoms. The zero-order valence-electron chi connectivity index (χ0n) is 18.2. The van der Waals surface area contributed by atoms with Crippen LogP contribution in [0.5, 0.6) is 0 Å². The molecule has 0 atom stereocenters. The smallest absolute Gasteiger partial charge is 0.0248 e. The van der Waals surface area contributed by atoms with E-state index in [0.29, 0.717) is 0 Å². The van der Waals surface area contributed by atoms with Crippen LogP contribution in [0, 0.1) is 51.4 Å². The predicted octanol–water partition coefficient (Wildman–Crippen LogP) is 7.88. The van der Waals surface area contributed by atoms with Gasteiger partial charge in [-0.15, -0.1) is 0 Å². The van der Waals surface area contributed by atoms with Crippen molar-refractivity contribution in [2.45, 2.75) is 105 Å². The third-order valence-electron chi connectivity index (χ3n) is 8.27. The molecule has 1 aromatic carbocycles. The fourth-order valence-electron chi connectivity index (χ4n) is 5.84. The SMILES string of the molecule is CCC1CCC(CC2CCC(Cc3cc(C)c(C)c(C)c3C)CC2)CC1. The lowest BCUT2D eigenvalue weighted by Crippen LogP contribution is -2.21. The molecule has 0 radical (unpaired) electrons. The summed E-state index contributed by atoms with van der Waals surface area (Å²) in [7, 11) is 0. The van der Waals surface area contributed by atoms with Crippen molar-refractivity contribution in [1.82, 2.24) is 0 Å². The number of rotatable bonds is 5. The molecular formula is C26H42. The van der Waals surface area contributed by atoms with Gasteiger partial charge in [0, 0.05) is 0 Å². The second-order valence-corrected chi connectivity index (χ2v) is 9.85. The zero-order valence-corrected chi connectivity index (χ0v) is 18.2. The summed E-state index contributed by atoms with van der Waals surface area (Å²) < 4.78 is 0. The van der Waals surface area contributed by atoms with Gasteiger partial charge in [0.05, 0.1) is 0 Å². The first-order valence-corrected chi connectivity index (χ1v) is 11.5. The zero-order chi connectivity index (χ0) is 18.7. The van der Waals surface area contributed by atoms with Gasteiger partial charge in [0.25, 0.3) is 0 Å². The van der Waals surface area contributed by atoms with Gasteiger partial charge in [0.15, 0.2) is 0 Å². The van der Waals surface area contributed by atoms with Gasteiger partial charge in [-0.1, -0.05) is 57.9 Å². The summed E-state index contributed by atoms with van der Waals surface area (Å²) in [6.07, 6.45) is 16.3. The third kappa shape index (κ3) is 4.73. The van der Waals surface area contributed by atoms with E-state index in [1.165, 1.54) is 80.9 Å². The van der Waals surface area contributed by atoms with Crippen molar-refractivity contribution in [2.75, 3.05) is 0 Å². The predicted molar refractivity (Wildman–Crippen MR) is 115 cm³/mol. The Labute approximate surface area is 163 Å². The minimum Gasteiger partial charge on any atom is -0.0651 e. The molecule has 3 rings (SSSR count). The highest BCUT2D eigenvalue weighted by Gasteiger charge is 2.27. The van der Waals surface area contributed by atoms with Gasteiger partial charge in [0.2, 0.25) is 0 Å². The largest absolute Gasteiger partial charge is 0.0651 e. The molecule has 0 amide bonds. The summed E-state index contributed by atoms with van der Waals surface area (Å²) in [6, 6.07) is 2.48. The van der Waals surface area contributed by atoms with Gasteiger partial charge in [0.1, 0.15) is 0 Å². The molecule has 2 fully saturated rings. The van der Waals surface area contributed by atoms with Crippen molar-refractivity contribution in [3.8, 4) is 0 Å². The highest BCUT2D eigenvalue weighted by molar-refractivity contribution is 5.43. The van der Waals surface area contributed by atoms with Crippen LogP contribution in [0.4, 0.5) is 0 Å². The van der Waals surface area contributed by atoms with Crippen molar-refractivity contribution in [3.63, 3.8) is 0 Å². The molecule has 0 spiro atoms. The fraction of sp³-hybridized carbons (Fsp3) is 0.769. The molecule has 1 aromatic rings. The molecule has 0 heterocycles. The Bertz CT molecular complexity index is 581. The minimum absolute atomic E-state index is 0.933. The van der Waals surface area contributed by atoms with E-state index in [1.54, 1.807) is 17.5 Å². The van der Waals surface area contributed by atoms with Crippen LogP contribution in [-0.4, -0.2) is 0 Å². The van der Waals surface area contributed by atoms with Crippen LogP contribution < -0.4 is 0 Å². The molecule has 0 nitrogen and oxygen atoms in total. The first-order chi connectivity index (χ1) is 12.5. The van der Waals surface area contributed by atoms with E-state index < -0.39 is 0 Å². The van der Waals surface area contributed by atoms with Crippen molar-refractivity contribution >= 4 is 0 Å². The molecule has 0 aliphatic heterocycles. The Balaban J connectivity index is 1.47. The first kappa shape index (κ1) is 20.0. The number of benzene rings is 1. The molecule has 2 aliphatic carbocycles. The van der Waals surface area contributed by atoms with Gasteiger partial charge in [-0.2, -0.15) is 0 Å². The minimum atomic E-state index is 0.933. The maximum atomic E-state index is 2.48. The average Bonchev–Trinajstić information content (AvgIpc) is 2.66. The van der Waals surface area contributed by atoms with E-state index in [4.69, 9.17) is 0 Å². The van der Waals surface area contributed by atoms with E-state index in [2.05, 4.69) is 40.7 Å². The van der Waals surface area contributed by atoms with Crippen LogP contribution in [0.15, 0.2) is 6.07 Å². The third-order valence-corrected chi connectivity index (χ3v) is 8.27. The standard InChI is InChI=1S/C26H42/c1-6-22-7-9-23(10-8-22)16-24-11-13-25(14-12-24)17-26-15-18(2)19(3)20(4)21(26)5/h15,22-25H,6-14,16-17H2,1-5H3. The van der Waals surface area contributed by atoms with Crippen LogP contribution in [0.25, 0.3) is 0 Å². The summed E-state index contributed by atoms with van der Waals surface area (Å²) in [6.45, 7) is 11.6. The van der Waals surface area contributed by atoms with Gasteiger partial charge in [-0.3, -0.25) is 0 Å². The van der Waals surface area contributed by atoms with E-state index in [1.807, 2.05) is 0 Å². The summed E-state index contributed by atoms with van der Waals surface area (Å²) in [5, 5.41) is 0. The second-order valence-electron chi connectivity index (χ2n) is 9.85. The molecule has 0 aromatic heterocycles. The first-order valence-electron chi connectivity index (χ1n) is 11.5. The quantitative estimate of drug-likeness (QED) is 0.504. The van der Waals surface area contributed by atoms with E-state index in [9.17, 15) is 0 Å². The lowest BCUT2D eigenvalue weighted by atomic mass is 9.72. The topological polar surface area (TPSA) is 0 Å². The monoisotopic (exact) mass is 354 g/mol. The lowest BCUT2D eigenvalue weighted by Gasteiger charge is -2.34. The van der Waals surface area contributed by atoms with E-state index in [0.717, 1.165) is 23.7 Å². The Kier molecular flexibility index (Phi) is 6.87. The second kappa shape index (κ2) is 8.94. The number of aryl methyl sites for hydroxylation is 1. The normalized spacial score (nSPS) is 29.7. The molecule has 0 saturated heterocycles. The van der Waals surface area contributed by atoms with Crippen molar-refractivity contribution in [3.05, 3.63) is 33.9 Å². The van der Waals surface area contributed by atoms with Crippen LogP contribution >= 0.6 is 0 Å². The van der Waals surface area contributed by atoms with Crippen LogP contribution in [0.1, 0.15) is 98.9 Å². The van der Waals surface area contributed by atoms with Crippen molar-refractivity contribution < 1.29 is 0 Å². The molecule has 0 N–H and O–H groups in total. The highest BCUT2D eigenvalue weighted by atomic mass is 14.3. The van der Waals surface area contributed by atoms with Crippen LogP contribution in [0.3, 0.4) is 0 Å². The van der Waals surface area contributed by atoms with E-state index >= 15 is 0 Å². The summed E-state index contributed by atoms with van der Waals surface area (Å²) in [4.78, 5) is 0. The van der Waals surface area contributed by atoms with Crippen molar-refractivity contribution in [2.24, 2.45) is 23.7 Å². The van der Waals surface area contributed by atoms with Gasteiger partial charge in [-0.25, -0.2) is 0 Å². The maximum Gasteiger partial charge on any atom is -0.0248 e. The molecule has 0 bridgehead atoms. The van der Waals surface area contributed by atoms with Crippen LogP contribution in [-0.2, 0) is 6.42 Å². The Morgan fingerprint density at radius 2 is 1.15 bits per heavy atom. The van der Waals surface area contributed by atoms with Gasteiger partial charge < -0.3 is 0 Å². The van der Waals surface area contributed by atoms with Gasteiger partial charge in [-0.05, 0) is 105 Å². The van der Waals surface area contributed by atoms with Crippen LogP contribution in [0.2, 0.25) is 0 Å². The molecule has 2 aliphatic rings. The number of hydrogen-bond acceptors (Lipinski definition) is 0. The van der Waals surface area contributed by atoms with Crippen molar-refractivity contribution in [1.29, 1.82) is 0 Å². The summed E-state index contributed by atoms with van der Waals surface area (Å²) >= 11 is 0. The molecule has 0 unspecified atom stereocenters. The van der Waals surface area contributed by atoms with Gasteiger partial charge >= 0.3 is 0 Å². The molecular weight excluding hydrogens is 312 g/mol. The lowest BCUT2D eigenvalue weighted by molar-refractivity contribution is 0.189. The molecule has 146 valence electrons.